The first kappa shape index (κ1) is 19.8. The number of halogens is 3. The summed E-state index contributed by atoms with van der Waals surface area (Å²) in [5, 5.41) is 12.7. The van der Waals surface area contributed by atoms with Gasteiger partial charge in [0.15, 0.2) is 5.82 Å². The zero-order chi connectivity index (χ0) is 19.6. The lowest BCUT2D eigenvalue weighted by molar-refractivity contribution is -0.113. The number of amides is 1. The lowest BCUT2D eigenvalue weighted by Crippen LogP contribution is -2.17. The number of carbonyl (C=O) groups is 1. The van der Waals surface area contributed by atoms with Gasteiger partial charge in [-0.15, -0.1) is 10.2 Å². The Bertz CT molecular complexity index is 1010. The Balaban J connectivity index is 1.69. The molecule has 0 bridgehead atoms. The molecular weight excluding hydrogens is 429 g/mol. The first-order valence-corrected chi connectivity index (χ1v) is 9.82. The Kier molecular flexibility index (Phi) is 6.16. The van der Waals surface area contributed by atoms with Crippen molar-refractivity contribution in [1.82, 2.24) is 14.9 Å². The Labute approximate surface area is 175 Å². The SMILES string of the molecule is Cc1ccc(Cl)cc1NC(=O)CSc1nnc(-c2ccc(Cl)cc2Cl)n1N. The van der Waals surface area contributed by atoms with E-state index in [1.807, 2.05) is 13.0 Å². The molecule has 3 rings (SSSR count). The highest BCUT2D eigenvalue weighted by atomic mass is 35.5. The summed E-state index contributed by atoms with van der Waals surface area (Å²) in [4.78, 5) is 12.2. The van der Waals surface area contributed by atoms with Crippen LogP contribution in [0.5, 0.6) is 0 Å². The lowest BCUT2D eigenvalue weighted by Gasteiger charge is -2.09. The van der Waals surface area contributed by atoms with Gasteiger partial charge in [-0.2, -0.15) is 0 Å². The monoisotopic (exact) mass is 441 g/mol. The molecule has 0 aliphatic carbocycles. The van der Waals surface area contributed by atoms with Crippen molar-refractivity contribution in [1.29, 1.82) is 0 Å². The molecule has 10 heteroatoms. The minimum atomic E-state index is -0.209. The van der Waals surface area contributed by atoms with E-state index in [0.29, 0.717) is 37.3 Å². The maximum Gasteiger partial charge on any atom is 0.234 e. The fraction of sp³-hybridized carbons (Fsp3) is 0.118. The van der Waals surface area contributed by atoms with E-state index in [2.05, 4.69) is 15.5 Å². The van der Waals surface area contributed by atoms with Crippen LogP contribution in [0.2, 0.25) is 15.1 Å². The number of thioether (sulfide) groups is 1. The molecular formula is C17H14Cl3N5OS. The molecule has 1 aromatic heterocycles. The standard InChI is InChI=1S/C17H14Cl3N5OS/c1-9-2-3-11(19)7-14(9)22-15(26)8-27-17-24-23-16(25(17)21)12-5-4-10(18)6-13(12)20/h2-7H,8,21H2,1H3,(H,22,26). The summed E-state index contributed by atoms with van der Waals surface area (Å²) in [6, 6.07) is 10.3. The number of hydrogen-bond acceptors (Lipinski definition) is 5. The summed E-state index contributed by atoms with van der Waals surface area (Å²) in [5.41, 5.74) is 2.18. The van der Waals surface area contributed by atoms with Crippen LogP contribution in [-0.4, -0.2) is 26.5 Å². The second-order valence-electron chi connectivity index (χ2n) is 5.60. The number of carbonyl (C=O) groups excluding carboxylic acids is 1. The zero-order valence-corrected chi connectivity index (χ0v) is 17.1. The smallest absolute Gasteiger partial charge is 0.234 e. The van der Waals surface area contributed by atoms with E-state index in [-0.39, 0.29) is 11.7 Å². The summed E-state index contributed by atoms with van der Waals surface area (Å²) >= 11 is 19.2. The summed E-state index contributed by atoms with van der Waals surface area (Å²) in [6.45, 7) is 1.89. The zero-order valence-electron chi connectivity index (χ0n) is 14.0. The molecule has 3 aromatic rings. The molecule has 140 valence electrons. The van der Waals surface area contributed by atoms with Crippen molar-refractivity contribution < 1.29 is 4.79 Å². The van der Waals surface area contributed by atoms with Crippen molar-refractivity contribution in [3.63, 3.8) is 0 Å². The predicted octanol–water partition coefficient (Wildman–Crippen LogP) is 4.66. The summed E-state index contributed by atoms with van der Waals surface area (Å²) in [5.74, 6) is 6.33. The molecule has 0 saturated carbocycles. The van der Waals surface area contributed by atoms with Crippen molar-refractivity contribution in [2.45, 2.75) is 12.1 Å². The van der Waals surface area contributed by atoms with Gasteiger partial charge in [0, 0.05) is 21.3 Å². The average Bonchev–Trinajstić information content (AvgIpc) is 2.97. The van der Waals surface area contributed by atoms with E-state index < -0.39 is 0 Å². The number of benzene rings is 2. The van der Waals surface area contributed by atoms with Crippen LogP contribution in [0.15, 0.2) is 41.6 Å². The predicted molar refractivity (Wildman–Crippen MR) is 111 cm³/mol. The van der Waals surface area contributed by atoms with E-state index in [1.165, 1.54) is 4.68 Å². The number of nitrogens with zero attached hydrogens (tertiary/aromatic N) is 3. The number of nitrogens with two attached hydrogens (primary N) is 1. The van der Waals surface area contributed by atoms with Crippen molar-refractivity contribution in [2.24, 2.45) is 0 Å². The van der Waals surface area contributed by atoms with E-state index in [1.54, 1.807) is 30.3 Å². The molecule has 1 amide bonds. The summed E-state index contributed by atoms with van der Waals surface area (Å²) in [6.07, 6.45) is 0. The quantitative estimate of drug-likeness (QED) is 0.443. The first-order chi connectivity index (χ1) is 12.8. The first-order valence-electron chi connectivity index (χ1n) is 7.70. The molecule has 3 N–H and O–H groups in total. The van der Waals surface area contributed by atoms with Gasteiger partial charge in [0.2, 0.25) is 11.1 Å². The number of anilines is 1. The largest absolute Gasteiger partial charge is 0.335 e. The summed E-state index contributed by atoms with van der Waals surface area (Å²) < 4.78 is 1.29. The normalized spacial score (nSPS) is 10.8. The summed E-state index contributed by atoms with van der Waals surface area (Å²) in [7, 11) is 0. The highest BCUT2D eigenvalue weighted by Gasteiger charge is 2.16. The van der Waals surface area contributed by atoms with E-state index in [0.717, 1.165) is 17.3 Å². The molecule has 0 spiro atoms. The van der Waals surface area contributed by atoms with Crippen LogP contribution in [0.3, 0.4) is 0 Å². The van der Waals surface area contributed by atoms with Crippen LogP contribution in [0.25, 0.3) is 11.4 Å². The molecule has 2 aromatic carbocycles. The molecule has 0 aliphatic rings. The number of nitrogen functional groups attached to an aromatic ring is 1. The molecule has 0 aliphatic heterocycles. The van der Waals surface area contributed by atoms with Gasteiger partial charge in [-0.3, -0.25) is 4.79 Å². The van der Waals surface area contributed by atoms with Gasteiger partial charge in [-0.25, -0.2) is 4.68 Å². The molecule has 0 fully saturated rings. The Hall–Kier alpha value is -1.93. The lowest BCUT2D eigenvalue weighted by atomic mass is 10.2. The van der Waals surface area contributed by atoms with Gasteiger partial charge < -0.3 is 11.2 Å². The molecule has 27 heavy (non-hydrogen) atoms. The van der Waals surface area contributed by atoms with Crippen LogP contribution in [0, 0.1) is 6.92 Å². The van der Waals surface area contributed by atoms with E-state index >= 15 is 0 Å². The van der Waals surface area contributed by atoms with Crippen LogP contribution in [0.1, 0.15) is 5.56 Å². The fourth-order valence-electron chi connectivity index (χ4n) is 2.28. The van der Waals surface area contributed by atoms with Gasteiger partial charge >= 0.3 is 0 Å². The fourth-order valence-corrected chi connectivity index (χ4v) is 3.60. The third-order valence-corrected chi connectivity index (χ3v) is 5.37. The number of hydrogen-bond donors (Lipinski definition) is 2. The van der Waals surface area contributed by atoms with Gasteiger partial charge in [-0.05, 0) is 42.8 Å². The van der Waals surface area contributed by atoms with Crippen LogP contribution in [-0.2, 0) is 4.79 Å². The molecule has 1 heterocycles. The van der Waals surface area contributed by atoms with Crippen molar-refractivity contribution in [3.05, 3.63) is 57.0 Å². The number of aryl methyl sites for hydroxylation is 1. The molecule has 0 radical (unpaired) electrons. The Morgan fingerprint density at radius 1 is 1.15 bits per heavy atom. The minimum Gasteiger partial charge on any atom is -0.335 e. The maximum atomic E-state index is 12.2. The number of rotatable bonds is 5. The van der Waals surface area contributed by atoms with Gasteiger partial charge in [0.1, 0.15) is 0 Å². The van der Waals surface area contributed by atoms with Crippen LogP contribution >= 0.6 is 46.6 Å². The van der Waals surface area contributed by atoms with Crippen molar-refractivity contribution >= 4 is 58.2 Å². The second-order valence-corrected chi connectivity index (χ2v) is 7.82. The van der Waals surface area contributed by atoms with Gasteiger partial charge in [-0.1, -0.05) is 52.6 Å². The Morgan fingerprint density at radius 3 is 2.59 bits per heavy atom. The average molecular weight is 443 g/mol. The van der Waals surface area contributed by atoms with Gasteiger partial charge in [0.25, 0.3) is 0 Å². The van der Waals surface area contributed by atoms with Crippen LogP contribution in [0.4, 0.5) is 5.69 Å². The van der Waals surface area contributed by atoms with E-state index in [9.17, 15) is 4.79 Å². The van der Waals surface area contributed by atoms with Crippen LogP contribution < -0.4 is 11.2 Å². The Morgan fingerprint density at radius 2 is 1.85 bits per heavy atom. The van der Waals surface area contributed by atoms with E-state index in [4.69, 9.17) is 40.6 Å². The third kappa shape index (κ3) is 4.68. The molecule has 6 nitrogen and oxygen atoms in total. The number of aromatic nitrogens is 3. The minimum absolute atomic E-state index is 0.107. The molecule has 0 atom stereocenters. The highest BCUT2D eigenvalue weighted by Crippen LogP contribution is 2.30. The second kappa shape index (κ2) is 8.39. The topological polar surface area (TPSA) is 85.8 Å². The maximum absolute atomic E-state index is 12.2. The van der Waals surface area contributed by atoms with Gasteiger partial charge in [0.05, 0.1) is 10.8 Å². The van der Waals surface area contributed by atoms with Crippen molar-refractivity contribution in [2.75, 3.05) is 16.9 Å². The molecule has 0 saturated heterocycles. The highest BCUT2D eigenvalue weighted by molar-refractivity contribution is 7.99. The number of nitrogens with one attached hydrogen (secondary N) is 1. The molecule has 0 unspecified atom stereocenters. The third-order valence-electron chi connectivity index (χ3n) is 3.64. The van der Waals surface area contributed by atoms with Crippen molar-refractivity contribution in [3.8, 4) is 11.4 Å².